The van der Waals surface area contributed by atoms with Crippen molar-refractivity contribution in [1.82, 2.24) is 15.5 Å². The van der Waals surface area contributed by atoms with Crippen LogP contribution in [0.15, 0.2) is 29.3 Å². The van der Waals surface area contributed by atoms with Crippen LogP contribution in [0.5, 0.6) is 0 Å². The second kappa shape index (κ2) is 8.85. The van der Waals surface area contributed by atoms with E-state index in [1.165, 1.54) is 0 Å². The highest BCUT2D eigenvalue weighted by Crippen LogP contribution is 2.18. The molecule has 4 N–H and O–H groups in total. The van der Waals surface area contributed by atoms with Crippen molar-refractivity contribution >= 4 is 11.9 Å². The Hall–Kier alpha value is -2.08. The lowest BCUT2D eigenvalue weighted by molar-refractivity contribution is 0.100. The van der Waals surface area contributed by atoms with Crippen LogP contribution in [0.3, 0.4) is 0 Å². The van der Waals surface area contributed by atoms with E-state index in [0.717, 1.165) is 31.2 Å². The topological polar surface area (TPSA) is 82.7 Å². The van der Waals surface area contributed by atoms with Crippen molar-refractivity contribution in [3.05, 3.63) is 35.4 Å². The van der Waals surface area contributed by atoms with Gasteiger partial charge in [0.2, 0.25) is 5.91 Å². The number of carbonyl (C=O) groups is 1. The molecule has 0 radical (unpaired) electrons. The van der Waals surface area contributed by atoms with Gasteiger partial charge in [0.1, 0.15) is 0 Å². The molecule has 2 atom stereocenters. The van der Waals surface area contributed by atoms with E-state index in [1.54, 1.807) is 12.1 Å². The summed E-state index contributed by atoms with van der Waals surface area (Å²) in [7, 11) is 0. The summed E-state index contributed by atoms with van der Waals surface area (Å²) in [4.78, 5) is 18.3. The second-order valence-corrected chi connectivity index (χ2v) is 7.03. The summed E-state index contributed by atoms with van der Waals surface area (Å²) in [6.45, 7) is 12.4. The van der Waals surface area contributed by atoms with Crippen LogP contribution in [0.25, 0.3) is 0 Å². The Kier molecular flexibility index (Phi) is 6.82. The summed E-state index contributed by atoms with van der Waals surface area (Å²) in [5.41, 5.74) is 6.84. The predicted octanol–water partition coefficient (Wildman–Crippen LogP) is 1.57. The lowest BCUT2D eigenvalue weighted by Crippen LogP contribution is -2.46. The number of likely N-dealkylation sites (tertiary alicyclic amines) is 1. The molecular formula is C19H31N5O. The number of guanidine groups is 1. The summed E-state index contributed by atoms with van der Waals surface area (Å²) in [5, 5.41) is 6.89. The zero-order valence-electron chi connectivity index (χ0n) is 15.7. The van der Waals surface area contributed by atoms with Gasteiger partial charge in [-0.15, -0.1) is 0 Å². The van der Waals surface area contributed by atoms with Gasteiger partial charge in [-0.1, -0.05) is 19.1 Å². The van der Waals surface area contributed by atoms with Gasteiger partial charge in [-0.3, -0.25) is 9.69 Å². The van der Waals surface area contributed by atoms with Gasteiger partial charge in [-0.05, 0) is 44.4 Å². The summed E-state index contributed by atoms with van der Waals surface area (Å²) >= 11 is 0. The first-order chi connectivity index (χ1) is 11.9. The lowest BCUT2D eigenvalue weighted by atomic mass is 10.1. The maximum Gasteiger partial charge on any atom is 0.248 e. The molecule has 2 rings (SSSR count). The molecule has 0 saturated carbocycles. The Morgan fingerprint density at radius 3 is 2.52 bits per heavy atom. The van der Waals surface area contributed by atoms with E-state index >= 15 is 0 Å². The molecule has 1 heterocycles. The molecule has 1 amide bonds. The monoisotopic (exact) mass is 345 g/mol. The molecule has 1 saturated heterocycles. The number of carbonyl (C=O) groups excluding carboxylic acids is 1. The van der Waals surface area contributed by atoms with Gasteiger partial charge in [0.15, 0.2) is 5.96 Å². The number of primary amides is 1. The number of benzene rings is 1. The Morgan fingerprint density at radius 2 is 2.00 bits per heavy atom. The summed E-state index contributed by atoms with van der Waals surface area (Å²) in [5.74, 6) is 1.01. The minimum absolute atomic E-state index is 0.400. The van der Waals surface area contributed by atoms with Crippen molar-refractivity contribution in [1.29, 1.82) is 0 Å². The summed E-state index contributed by atoms with van der Waals surface area (Å²) in [6.07, 6.45) is 0. The quantitative estimate of drug-likeness (QED) is 0.540. The molecule has 138 valence electrons. The van der Waals surface area contributed by atoms with E-state index in [4.69, 9.17) is 5.73 Å². The standard InChI is InChI=1S/C19H31N5O/c1-5-21-19(23-17-12-24(13(2)3)11-14(17)4)22-10-15-6-8-16(9-7-15)18(20)25/h6-9,13-14,17H,5,10-12H2,1-4H3,(H2,20,25)(H2,21,22,23). The molecule has 1 aliphatic heterocycles. The first-order valence-corrected chi connectivity index (χ1v) is 9.08. The van der Waals surface area contributed by atoms with Gasteiger partial charge in [0, 0.05) is 37.3 Å². The van der Waals surface area contributed by atoms with E-state index in [2.05, 4.69) is 48.2 Å². The third kappa shape index (κ3) is 5.46. The van der Waals surface area contributed by atoms with Crippen molar-refractivity contribution < 1.29 is 4.79 Å². The molecule has 6 nitrogen and oxygen atoms in total. The molecule has 0 aliphatic carbocycles. The molecule has 1 aromatic carbocycles. The van der Waals surface area contributed by atoms with Crippen LogP contribution < -0.4 is 16.4 Å². The zero-order valence-corrected chi connectivity index (χ0v) is 15.7. The van der Waals surface area contributed by atoms with Gasteiger partial charge in [0.05, 0.1) is 6.54 Å². The number of hydrogen-bond donors (Lipinski definition) is 3. The van der Waals surface area contributed by atoms with Crippen molar-refractivity contribution in [2.75, 3.05) is 19.6 Å². The van der Waals surface area contributed by atoms with Gasteiger partial charge >= 0.3 is 0 Å². The predicted molar refractivity (Wildman–Crippen MR) is 103 cm³/mol. The van der Waals surface area contributed by atoms with E-state index < -0.39 is 5.91 Å². The van der Waals surface area contributed by atoms with Crippen molar-refractivity contribution in [3.8, 4) is 0 Å². The molecule has 1 aromatic rings. The van der Waals surface area contributed by atoms with E-state index in [0.29, 0.717) is 30.1 Å². The fraction of sp³-hybridized carbons (Fsp3) is 0.579. The van der Waals surface area contributed by atoms with Crippen molar-refractivity contribution in [3.63, 3.8) is 0 Å². The highest BCUT2D eigenvalue weighted by Gasteiger charge is 2.31. The van der Waals surface area contributed by atoms with Gasteiger partial charge in [-0.2, -0.15) is 0 Å². The number of nitrogens with zero attached hydrogens (tertiary/aromatic N) is 2. The van der Waals surface area contributed by atoms with E-state index in [9.17, 15) is 4.79 Å². The normalized spacial score (nSPS) is 21.6. The Bertz CT molecular complexity index is 596. The van der Waals surface area contributed by atoms with Crippen LogP contribution >= 0.6 is 0 Å². The number of nitrogens with two attached hydrogens (primary N) is 1. The van der Waals surface area contributed by atoms with Crippen LogP contribution in [-0.4, -0.2) is 48.5 Å². The zero-order chi connectivity index (χ0) is 18.4. The molecular weight excluding hydrogens is 314 g/mol. The van der Waals surface area contributed by atoms with Gasteiger partial charge in [-0.25, -0.2) is 4.99 Å². The number of rotatable bonds is 6. The smallest absolute Gasteiger partial charge is 0.248 e. The fourth-order valence-corrected chi connectivity index (χ4v) is 3.05. The van der Waals surface area contributed by atoms with E-state index in [1.807, 2.05) is 12.1 Å². The minimum atomic E-state index is -0.407. The summed E-state index contributed by atoms with van der Waals surface area (Å²) in [6, 6.07) is 8.24. The maximum atomic E-state index is 11.1. The highest BCUT2D eigenvalue weighted by atomic mass is 16.1. The second-order valence-electron chi connectivity index (χ2n) is 7.03. The number of hydrogen-bond acceptors (Lipinski definition) is 3. The number of amides is 1. The third-order valence-corrected chi connectivity index (χ3v) is 4.70. The Morgan fingerprint density at radius 1 is 1.32 bits per heavy atom. The molecule has 6 heteroatoms. The van der Waals surface area contributed by atoms with Crippen LogP contribution in [0.1, 0.15) is 43.6 Å². The molecule has 25 heavy (non-hydrogen) atoms. The SMILES string of the molecule is CCNC(=NCc1ccc(C(N)=O)cc1)NC1CN(C(C)C)CC1C. The number of nitrogens with one attached hydrogen (secondary N) is 2. The number of aliphatic imine (C=N–C) groups is 1. The van der Waals surface area contributed by atoms with Crippen LogP contribution in [0.2, 0.25) is 0 Å². The van der Waals surface area contributed by atoms with Crippen LogP contribution in [0.4, 0.5) is 0 Å². The average molecular weight is 345 g/mol. The molecule has 0 spiro atoms. The van der Waals surface area contributed by atoms with Crippen molar-refractivity contribution in [2.24, 2.45) is 16.6 Å². The average Bonchev–Trinajstić information content (AvgIpc) is 2.94. The molecule has 1 fully saturated rings. The van der Waals surface area contributed by atoms with Crippen LogP contribution in [-0.2, 0) is 6.54 Å². The first-order valence-electron chi connectivity index (χ1n) is 9.08. The lowest BCUT2D eigenvalue weighted by Gasteiger charge is -2.22. The molecule has 2 unspecified atom stereocenters. The first kappa shape index (κ1) is 19.2. The Balaban J connectivity index is 1.99. The largest absolute Gasteiger partial charge is 0.366 e. The van der Waals surface area contributed by atoms with Crippen molar-refractivity contribution in [2.45, 2.75) is 46.3 Å². The molecule has 0 bridgehead atoms. The Labute approximate surface area is 150 Å². The van der Waals surface area contributed by atoms with Crippen LogP contribution in [0, 0.1) is 5.92 Å². The van der Waals surface area contributed by atoms with Gasteiger partial charge < -0.3 is 16.4 Å². The third-order valence-electron chi connectivity index (χ3n) is 4.70. The molecule has 0 aromatic heterocycles. The fourth-order valence-electron chi connectivity index (χ4n) is 3.05. The minimum Gasteiger partial charge on any atom is -0.366 e. The van der Waals surface area contributed by atoms with Gasteiger partial charge in [0.25, 0.3) is 0 Å². The maximum absolute atomic E-state index is 11.1. The highest BCUT2D eigenvalue weighted by molar-refractivity contribution is 5.92. The molecule has 1 aliphatic rings. The van der Waals surface area contributed by atoms with E-state index in [-0.39, 0.29) is 0 Å². The summed E-state index contributed by atoms with van der Waals surface area (Å²) < 4.78 is 0.